The maximum Gasteiger partial charge on any atom is 0.248 e. The number of nitrogens with zero attached hydrogens (tertiary/aromatic N) is 1. The van der Waals surface area contributed by atoms with Crippen LogP contribution in [-0.4, -0.2) is 25.1 Å². The number of hydrogen-bond acceptors (Lipinski definition) is 4. The number of aromatic nitrogens is 1. The van der Waals surface area contributed by atoms with Gasteiger partial charge in [0.2, 0.25) is 5.91 Å². The topological polar surface area (TPSA) is 60.5 Å². The first-order valence-electron chi connectivity index (χ1n) is 6.75. The summed E-state index contributed by atoms with van der Waals surface area (Å²) in [6.45, 7) is 1.91. The van der Waals surface area contributed by atoms with Crippen LogP contribution in [0.1, 0.15) is 11.1 Å². The zero-order valence-corrected chi connectivity index (χ0v) is 12.8. The van der Waals surface area contributed by atoms with Crippen LogP contribution in [-0.2, 0) is 4.79 Å². The predicted octanol–water partition coefficient (Wildman–Crippen LogP) is 3.06. The third kappa shape index (κ3) is 3.85. The Hall–Kier alpha value is -2.82. The Kier molecular flexibility index (Phi) is 5.14. The third-order valence-corrected chi connectivity index (χ3v) is 3.13. The molecule has 0 unspecified atom stereocenters. The smallest absolute Gasteiger partial charge is 0.248 e. The van der Waals surface area contributed by atoms with Crippen LogP contribution < -0.4 is 14.8 Å². The molecule has 0 radical (unpaired) electrons. The van der Waals surface area contributed by atoms with E-state index in [-0.39, 0.29) is 5.91 Å². The van der Waals surface area contributed by atoms with E-state index in [0.717, 1.165) is 11.1 Å². The number of methoxy groups -OCH3 is 2. The van der Waals surface area contributed by atoms with E-state index in [2.05, 4.69) is 10.3 Å². The summed E-state index contributed by atoms with van der Waals surface area (Å²) in [5.74, 6) is 1.05. The molecule has 1 heterocycles. The summed E-state index contributed by atoms with van der Waals surface area (Å²) in [4.78, 5) is 15.9. The molecule has 22 heavy (non-hydrogen) atoms. The average molecular weight is 298 g/mol. The summed E-state index contributed by atoms with van der Waals surface area (Å²) in [6.07, 6.45) is 6.48. The van der Waals surface area contributed by atoms with Gasteiger partial charge in [-0.1, -0.05) is 6.07 Å². The van der Waals surface area contributed by atoms with Gasteiger partial charge >= 0.3 is 0 Å². The SMILES string of the molecule is COc1ccc(C=CC(=O)Nc2cnccc2C)cc1OC. The molecule has 0 fully saturated rings. The molecule has 0 aliphatic heterocycles. The molecule has 1 N–H and O–H groups in total. The lowest BCUT2D eigenvalue weighted by Gasteiger charge is -2.07. The lowest BCUT2D eigenvalue weighted by Crippen LogP contribution is -2.09. The van der Waals surface area contributed by atoms with Gasteiger partial charge in [0.15, 0.2) is 11.5 Å². The predicted molar refractivity (Wildman–Crippen MR) is 86.2 cm³/mol. The maximum absolute atomic E-state index is 11.9. The second kappa shape index (κ2) is 7.26. The third-order valence-electron chi connectivity index (χ3n) is 3.13. The molecule has 0 saturated carbocycles. The van der Waals surface area contributed by atoms with E-state index in [0.29, 0.717) is 17.2 Å². The van der Waals surface area contributed by atoms with Crippen molar-refractivity contribution in [3.05, 3.63) is 53.9 Å². The highest BCUT2D eigenvalue weighted by atomic mass is 16.5. The van der Waals surface area contributed by atoms with E-state index in [1.807, 2.05) is 19.1 Å². The standard InChI is InChI=1S/C17H18N2O3/c1-12-8-9-18-11-14(12)19-17(20)7-5-13-4-6-15(21-2)16(10-13)22-3/h4-11H,1-3H3,(H,19,20). The van der Waals surface area contributed by atoms with Gasteiger partial charge in [0.1, 0.15) is 0 Å². The Morgan fingerprint density at radius 1 is 1.18 bits per heavy atom. The van der Waals surface area contributed by atoms with Crippen molar-refractivity contribution < 1.29 is 14.3 Å². The summed E-state index contributed by atoms with van der Waals surface area (Å²) in [5, 5.41) is 2.79. The quantitative estimate of drug-likeness (QED) is 0.862. The van der Waals surface area contributed by atoms with Crippen LogP contribution in [0.25, 0.3) is 6.08 Å². The van der Waals surface area contributed by atoms with Crippen molar-refractivity contribution >= 4 is 17.7 Å². The maximum atomic E-state index is 11.9. The van der Waals surface area contributed by atoms with Gasteiger partial charge in [0, 0.05) is 12.3 Å². The monoisotopic (exact) mass is 298 g/mol. The van der Waals surface area contributed by atoms with Gasteiger partial charge in [-0.15, -0.1) is 0 Å². The normalized spacial score (nSPS) is 10.5. The lowest BCUT2D eigenvalue weighted by atomic mass is 10.2. The first kappa shape index (κ1) is 15.6. The van der Waals surface area contributed by atoms with Gasteiger partial charge in [0.05, 0.1) is 26.1 Å². The molecule has 1 amide bonds. The molecule has 0 aliphatic rings. The van der Waals surface area contributed by atoms with Gasteiger partial charge < -0.3 is 14.8 Å². The van der Waals surface area contributed by atoms with Gasteiger partial charge in [0.25, 0.3) is 0 Å². The molecule has 0 aliphatic carbocycles. The minimum absolute atomic E-state index is 0.217. The van der Waals surface area contributed by atoms with Crippen LogP contribution in [0.2, 0.25) is 0 Å². The number of carbonyl (C=O) groups is 1. The van der Waals surface area contributed by atoms with Crippen molar-refractivity contribution in [3.63, 3.8) is 0 Å². The molecular formula is C17H18N2O3. The number of pyridine rings is 1. The first-order chi connectivity index (χ1) is 10.6. The minimum atomic E-state index is -0.217. The highest BCUT2D eigenvalue weighted by Gasteiger charge is 2.04. The van der Waals surface area contributed by atoms with Crippen LogP contribution in [0.5, 0.6) is 11.5 Å². The number of nitrogens with one attached hydrogen (secondary N) is 1. The molecule has 5 heteroatoms. The van der Waals surface area contributed by atoms with Crippen molar-refractivity contribution in [1.29, 1.82) is 0 Å². The second-order valence-corrected chi connectivity index (χ2v) is 4.63. The van der Waals surface area contributed by atoms with Crippen LogP contribution in [0.3, 0.4) is 0 Å². The number of carbonyl (C=O) groups excluding carboxylic acids is 1. The number of aryl methyl sites for hydroxylation is 1. The summed E-state index contributed by atoms with van der Waals surface area (Å²) in [5.41, 5.74) is 2.50. The summed E-state index contributed by atoms with van der Waals surface area (Å²) >= 11 is 0. The van der Waals surface area contributed by atoms with Crippen LogP contribution in [0, 0.1) is 6.92 Å². The van der Waals surface area contributed by atoms with E-state index >= 15 is 0 Å². The highest BCUT2D eigenvalue weighted by Crippen LogP contribution is 2.27. The number of benzene rings is 1. The molecule has 1 aromatic heterocycles. The van der Waals surface area contributed by atoms with E-state index < -0.39 is 0 Å². The minimum Gasteiger partial charge on any atom is -0.493 e. The first-order valence-corrected chi connectivity index (χ1v) is 6.75. The molecule has 0 saturated heterocycles. The van der Waals surface area contributed by atoms with E-state index in [1.54, 1.807) is 44.8 Å². The van der Waals surface area contributed by atoms with Crippen molar-refractivity contribution in [1.82, 2.24) is 4.98 Å². The van der Waals surface area contributed by atoms with Crippen LogP contribution >= 0.6 is 0 Å². The van der Waals surface area contributed by atoms with Crippen LogP contribution in [0.15, 0.2) is 42.7 Å². The second-order valence-electron chi connectivity index (χ2n) is 4.63. The number of rotatable bonds is 5. The molecule has 0 atom stereocenters. The van der Waals surface area contributed by atoms with E-state index in [9.17, 15) is 4.79 Å². The fraction of sp³-hybridized carbons (Fsp3) is 0.176. The Labute approximate surface area is 129 Å². The zero-order chi connectivity index (χ0) is 15.9. The molecule has 2 aromatic rings. The molecule has 0 spiro atoms. The largest absolute Gasteiger partial charge is 0.493 e. The van der Waals surface area contributed by atoms with Crippen molar-refractivity contribution in [3.8, 4) is 11.5 Å². The lowest BCUT2D eigenvalue weighted by molar-refractivity contribution is -0.111. The Morgan fingerprint density at radius 2 is 1.95 bits per heavy atom. The molecule has 5 nitrogen and oxygen atoms in total. The highest BCUT2D eigenvalue weighted by molar-refractivity contribution is 6.02. The Bertz CT molecular complexity index is 696. The van der Waals surface area contributed by atoms with Crippen molar-refractivity contribution in [2.24, 2.45) is 0 Å². The number of amides is 1. The van der Waals surface area contributed by atoms with Gasteiger partial charge in [-0.25, -0.2) is 0 Å². The molecule has 1 aromatic carbocycles. The Balaban J connectivity index is 2.08. The number of anilines is 1. The fourth-order valence-corrected chi connectivity index (χ4v) is 1.90. The number of hydrogen-bond donors (Lipinski definition) is 1. The fourth-order valence-electron chi connectivity index (χ4n) is 1.90. The summed E-state index contributed by atoms with van der Waals surface area (Å²) in [7, 11) is 3.15. The van der Waals surface area contributed by atoms with Gasteiger partial charge in [-0.2, -0.15) is 0 Å². The molecular weight excluding hydrogens is 280 g/mol. The summed E-state index contributed by atoms with van der Waals surface area (Å²) in [6, 6.07) is 7.29. The summed E-state index contributed by atoms with van der Waals surface area (Å²) < 4.78 is 10.4. The molecule has 2 rings (SSSR count). The van der Waals surface area contributed by atoms with E-state index in [1.165, 1.54) is 6.08 Å². The Morgan fingerprint density at radius 3 is 2.64 bits per heavy atom. The number of ether oxygens (including phenoxy) is 2. The van der Waals surface area contributed by atoms with E-state index in [4.69, 9.17) is 9.47 Å². The zero-order valence-electron chi connectivity index (χ0n) is 12.8. The van der Waals surface area contributed by atoms with Crippen molar-refractivity contribution in [2.75, 3.05) is 19.5 Å². The van der Waals surface area contributed by atoms with Crippen LogP contribution in [0.4, 0.5) is 5.69 Å². The average Bonchev–Trinajstić information content (AvgIpc) is 2.54. The van der Waals surface area contributed by atoms with Crippen molar-refractivity contribution in [2.45, 2.75) is 6.92 Å². The molecule has 114 valence electrons. The molecule has 0 bridgehead atoms. The van der Waals surface area contributed by atoms with Gasteiger partial charge in [-0.3, -0.25) is 9.78 Å². The van der Waals surface area contributed by atoms with Gasteiger partial charge in [-0.05, 0) is 42.3 Å².